The molecule has 136 valence electrons. The quantitative estimate of drug-likeness (QED) is 0.352. The number of hydrogen-bond acceptors (Lipinski definition) is 9. The summed E-state index contributed by atoms with van der Waals surface area (Å²) in [4.78, 5) is 12.3. The Bertz CT molecular complexity index is 750. The Labute approximate surface area is 139 Å². The number of ether oxygens (including phenoxy) is 2. The summed E-state index contributed by atoms with van der Waals surface area (Å²) in [6.07, 6.45) is -1.56. The molecule has 5 unspecified atom stereocenters. The summed E-state index contributed by atoms with van der Waals surface area (Å²) in [5.74, 6) is -1.00. The molecule has 4 rings (SSSR count). The van der Waals surface area contributed by atoms with Crippen molar-refractivity contribution in [1.82, 2.24) is 0 Å². The van der Waals surface area contributed by atoms with Crippen LogP contribution in [-0.4, -0.2) is 62.3 Å². The van der Waals surface area contributed by atoms with Gasteiger partial charge in [-0.1, -0.05) is 0 Å². The zero-order chi connectivity index (χ0) is 17.3. The van der Waals surface area contributed by atoms with E-state index >= 15 is 0 Å². The highest BCUT2D eigenvalue weighted by molar-refractivity contribution is 7.87. The third-order valence-corrected chi connectivity index (χ3v) is 8.44. The summed E-state index contributed by atoms with van der Waals surface area (Å²) in [6, 6.07) is 0. The van der Waals surface area contributed by atoms with Crippen molar-refractivity contribution in [2.45, 2.75) is 67.0 Å². The zero-order valence-corrected chi connectivity index (χ0v) is 14.2. The van der Waals surface area contributed by atoms with Crippen molar-refractivity contribution in [3.8, 4) is 0 Å². The maximum Gasteiger partial charge on any atom is 0.309 e. The van der Waals surface area contributed by atoms with E-state index in [1.807, 2.05) is 0 Å². The van der Waals surface area contributed by atoms with E-state index in [4.69, 9.17) is 13.7 Å². The lowest BCUT2D eigenvalue weighted by atomic mass is 9.88. The maximum absolute atomic E-state index is 12.3. The van der Waals surface area contributed by atoms with Crippen LogP contribution in [0.3, 0.4) is 0 Å². The van der Waals surface area contributed by atoms with Crippen molar-refractivity contribution in [1.29, 1.82) is 0 Å². The van der Waals surface area contributed by atoms with Crippen molar-refractivity contribution in [3.05, 3.63) is 0 Å². The standard InChI is InChI=1S/C13H18O9S2/c14-13(6-1-3-7(4-2-6)23(15,16)17)21-10-8-5-9-11(20-8)12(10)22-24(9,18)19/h6-12H,1-5H2,(H,15,16,17)/p-1. The van der Waals surface area contributed by atoms with Gasteiger partial charge in [-0.25, -0.2) is 8.42 Å². The third kappa shape index (κ3) is 2.57. The first-order valence-corrected chi connectivity index (χ1v) is 10.8. The Kier molecular flexibility index (Phi) is 3.74. The molecule has 4 aliphatic rings. The Balaban J connectivity index is 1.38. The molecule has 0 spiro atoms. The number of carbonyl (C=O) groups is 1. The van der Waals surface area contributed by atoms with E-state index in [1.165, 1.54) is 0 Å². The first-order chi connectivity index (χ1) is 11.2. The zero-order valence-electron chi connectivity index (χ0n) is 12.6. The molecule has 11 heteroatoms. The smallest absolute Gasteiger partial charge is 0.309 e. The Morgan fingerprint density at radius 1 is 1.12 bits per heavy atom. The lowest BCUT2D eigenvalue weighted by molar-refractivity contribution is -0.160. The van der Waals surface area contributed by atoms with Gasteiger partial charge in [0.15, 0.2) is 6.10 Å². The minimum absolute atomic E-state index is 0.134. The Morgan fingerprint density at radius 3 is 2.42 bits per heavy atom. The second kappa shape index (κ2) is 5.37. The van der Waals surface area contributed by atoms with Gasteiger partial charge in [0, 0.05) is 5.25 Å². The molecule has 3 saturated heterocycles. The van der Waals surface area contributed by atoms with Crippen molar-refractivity contribution in [3.63, 3.8) is 0 Å². The van der Waals surface area contributed by atoms with E-state index < -0.39 is 67.0 Å². The van der Waals surface area contributed by atoms with E-state index in [-0.39, 0.29) is 32.1 Å². The first-order valence-electron chi connectivity index (χ1n) is 7.89. The fourth-order valence-corrected chi connectivity index (χ4v) is 6.68. The summed E-state index contributed by atoms with van der Waals surface area (Å²) in [5, 5.41) is -1.63. The minimum atomic E-state index is -4.33. The second-order valence-corrected chi connectivity index (χ2v) is 10.3. The van der Waals surface area contributed by atoms with E-state index in [0.29, 0.717) is 0 Å². The molecule has 0 aromatic heterocycles. The molecule has 0 N–H and O–H groups in total. The topological polar surface area (TPSA) is 136 Å². The number of carbonyl (C=O) groups excluding carboxylic acids is 1. The van der Waals surface area contributed by atoms with Crippen LogP contribution < -0.4 is 0 Å². The highest BCUT2D eigenvalue weighted by Gasteiger charge is 2.67. The molecule has 2 bridgehead atoms. The van der Waals surface area contributed by atoms with Crippen LogP contribution in [0.15, 0.2) is 0 Å². The highest BCUT2D eigenvalue weighted by atomic mass is 32.2. The molecule has 3 aliphatic heterocycles. The normalized spacial score (nSPS) is 46.1. The van der Waals surface area contributed by atoms with Gasteiger partial charge < -0.3 is 14.0 Å². The van der Waals surface area contributed by atoms with Gasteiger partial charge >= 0.3 is 5.97 Å². The number of fused-ring (bicyclic) bond motifs is 1. The van der Waals surface area contributed by atoms with Crippen LogP contribution in [-0.2, 0) is 38.7 Å². The SMILES string of the molecule is O=C(OC1C2CC3C(O2)C1OS3(=O)=O)C1CCC(S(=O)(=O)[O-])CC1. The van der Waals surface area contributed by atoms with Gasteiger partial charge in [0.05, 0.1) is 22.1 Å². The van der Waals surface area contributed by atoms with Crippen LogP contribution in [0, 0.1) is 5.92 Å². The molecule has 9 nitrogen and oxygen atoms in total. The van der Waals surface area contributed by atoms with Crippen molar-refractivity contribution in [2.24, 2.45) is 5.92 Å². The van der Waals surface area contributed by atoms with E-state index in [1.54, 1.807) is 0 Å². The third-order valence-electron chi connectivity index (χ3n) is 5.46. The fourth-order valence-electron chi connectivity index (χ4n) is 4.19. The molecule has 0 amide bonds. The van der Waals surface area contributed by atoms with Crippen LogP contribution in [0.25, 0.3) is 0 Å². The van der Waals surface area contributed by atoms with Crippen molar-refractivity contribution in [2.75, 3.05) is 0 Å². The Morgan fingerprint density at radius 2 is 1.79 bits per heavy atom. The van der Waals surface area contributed by atoms with E-state index in [2.05, 4.69) is 0 Å². The van der Waals surface area contributed by atoms with Gasteiger partial charge in [0.1, 0.15) is 17.5 Å². The van der Waals surface area contributed by atoms with Crippen LogP contribution in [0.4, 0.5) is 0 Å². The van der Waals surface area contributed by atoms with Crippen LogP contribution in [0.2, 0.25) is 0 Å². The monoisotopic (exact) mass is 381 g/mol. The second-order valence-electron chi connectivity index (χ2n) is 6.83. The minimum Gasteiger partial charge on any atom is -0.748 e. The van der Waals surface area contributed by atoms with Crippen molar-refractivity contribution >= 4 is 26.2 Å². The predicted molar refractivity (Wildman–Crippen MR) is 76.2 cm³/mol. The molecule has 1 aliphatic carbocycles. The van der Waals surface area contributed by atoms with E-state index in [0.717, 1.165) is 0 Å². The van der Waals surface area contributed by atoms with Gasteiger partial charge in [0.2, 0.25) is 0 Å². The summed E-state index contributed by atoms with van der Waals surface area (Å²) >= 11 is 0. The van der Waals surface area contributed by atoms with Gasteiger partial charge in [-0.05, 0) is 32.1 Å². The lowest BCUT2D eigenvalue weighted by Crippen LogP contribution is -2.43. The number of esters is 1. The average molecular weight is 381 g/mol. The number of hydrogen-bond donors (Lipinski definition) is 0. The predicted octanol–water partition coefficient (Wildman–Crippen LogP) is -0.729. The maximum atomic E-state index is 12.3. The van der Waals surface area contributed by atoms with Crippen LogP contribution in [0.5, 0.6) is 0 Å². The molecule has 1 saturated carbocycles. The molecule has 4 fully saturated rings. The molecule has 24 heavy (non-hydrogen) atoms. The lowest BCUT2D eigenvalue weighted by Gasteiger charge is -2.30. The molecule has 3 heterocycles. The first kappa shape index (κ1) is 16.7. The molecular weight excluding hydrogens is 364 g/mol. The highest BCUT2D eigenvalue weighted by Crippen LogP contribution is 2.48. The molecule has 0 aromatic rings. The summed E-state index contributed by atoms with van der Waals surface area (Å²) in [7, 11) is -8.00. The largest absolute Gasteiger partial charge is 0.748 e. The van der Waals surface area contributed by atoms with Gasteiger partial charge in [-0.15, -0.1) is 0 Å². The fraction of sp³-hybridized carbons (Fsp3) is 0.923. The van der Waals surface area contributed by atoms with Crippen LogP contribution >= 0.6 is 0 Å². The molecular formula is C13H17O9S2-. The van der Waals surface area contributed by atoms with Crippen molar-refractivity contribution < 1.29 is 39.8 Å². The van der Waals surface area contributed by atoms with Gasteiger partial charge in [-0.2, -0.15) is 8.42 Å². The number of rotatable bonds is 3. The Hall–Kier alpha value is -0.750. The van der Waals surface area contributed by atoms with E-state index in [9.17, 15) is 26.2 Å². The summed E-state index contributed by atoms with van der Waals surface area (Å²) in [6.45, 7) is 0. The molecule has 0 radical (unpaired) electrons. The van der Waals surface area contributed by atoms with Gasteiger partial charge in [0.25, 0.3) is 10.1 Å². The molecule has 0 aromatic carbocycles. The summed E-state index contributed by atoms with van der Waals surface area (Å²) < 4.78 is 72.7. The van der Waals surface area contributed by atoms with Crippen LogP contribution in [0.1, 0.15) is 32.1 Å². The molecule has 5 atom stereocenters. The van der Waals surface area contributed by atoms with Gasteiger partial charge in [-0.3, -0.25) is 8.98 Å². The average Bonchev–Trinajstić information content (AvgIpc) is 3.10. The summed E-state index contributed by atoms with van der Waals surface area (Å²) in [5.41, 5.74) is 0.